The third-order valence-electron chi connectivity index (χ3n) is 4.79. The van der Waals surface area contributed by atoms with Gasteiger partial charge in [-0.05, 0) is 44.4 Å². The number of aryl methyl sites for hydroxylation is 2. The number of H-pyrrole nitrogens is 1. The molecule has 1 N–H and O–H groups in total. The number of nitrogens with zero attached hydrogens (tertiary/aromatic N) is 2. The first-order valence-electron chi connectivity index (χ1n) is 9.02. The highest BCUT2D eigenvalue weighted by Crippen LogP contribution is 2.33. The average molecular weight is 399 g/mol. The first kappa shape index (κ1) is 18.6. The van der Waals surface area contributed by atoms with E-state index in [9.17, 15) is 4.79 Å². The number of fused-ring (bicyclic) bond motifs is 1. The van der Waals surface area contributed by atoms with Gasteiger partial charge in [0.15, 0.2) is 16.7 Å². The Morgan fingerprint density at radius 1 is 1.18 bits per heavy atom. The summed E-state index contributed by atoms with van der Waals surface area (Å²) >= 11 is 1.46. The molecule has 1 aromatic carbocycles. The van der Waals surface area contributed by atoms with Crippen molar-refractivity contribution in [3.05, 3.63) is 51.3 Å². The van der Waals surface area contributed by atoms with Gasteiger partial charge in [0.1, 0.15) is 5.76 Å². The van der Waals surface area contributed by atoms with Crippen molar-refractivity contribution in [1.29, 1.82) is 0 Å². The van der Waals surface area contributed by atoms with Gasteiger partial charge in [0.2, 0.25) is 5.89 Å². The highest BCUT2D eigenvalue weighted by molar-refractivity contribution is 7.98. The molecule has 4 rings (SSSR count). The number of methoxy groups -OCH3 is 2. The SMILES string of the molecule is COc1ccc(-c2nc(CSc3nc4c(c(=O)[nH]3)CCC4)c(C)o2)cc1OC. The van der Waals surface area contributed by atoms with Crippen LogP contribution in [0.2, 0.25) is 0 Å². The standard InChI is InChI=1S/C20H21N3O4S/c1-11-15(10-28-20-22-14-6-4-5-13(14)18(24)23-20)21-19(27-11)12-7-8-16(25-2)17(9-12)26-3/h7-9H,4-6,10H2,1-3H3,(H,22,23,24). The molecule has 0 atom stereocenters. The largest absolute Gasteiger partial charge is 0.493 e. The van der Waals surface area contributed by atoms with Gasteiger partial charge >= 0.3 is 0 Å². The highest BCUT2D eigenvalue weighted by Gasteiger charge is 2.18. The molecule has 0 saturated carbocycles. The van der Waals surface area contributed by atoms with Crippen LogP contribution >= 0.6 is 11.8 Å². The molecule has 7 nitrogen and oxygen atoms in total. The minimum Gasteiger partial charge on any atom is -0.493 e. The molecule has 2 aromatic heterocycles. The van der Waals surface area contributed by atoms with E-state index in [1.165, 1.54) is 11.8 Å². The number of aromatic amines is 1. The number of thioether (sulfide) groups is 1. The summed E-state index contributed by atoms with van der Waals surface area (Å²) in [5, 5.41) is 0.626. The van der Waals surface area contributed by atoms with E-state index in [1.54, 1.807) is 14.2 Å². The van der Waals surface area contributed by atoms with Crippen molar-refractivity contribution in [2.75, 3.05) is 14.2 Å². The van der Waals surface area contributed by atoms with Crippen LogP contribution in [0.3, 0.4) is 0 Å². The van der Waals surface area contributed by atoms with Crippen LogP contribution in [0.25, 0.3) is 11.5 Å². The summed E-state index contributed by atoms with van der Waals surface area (Å²) in [4.78, 5) is 24.2. The molecule has 0 unspecified atom stereocenters. The van der Waals surface area contributed by atoms with Gasteiger partial charge in [0, 0.05) is 16.9 Å². The summed E-state index contributed by atoms with van der Waals surface area (Å²) in [7, 11) is 3.19. The summed E-state index contributed by atoms with van der Waals surface area (Å²) in [6.07, 6.45) is 2.69. The van der Waals surface area contributed by atoms with Crippen molar-refractivity contribution >= 4 is 11.8 Å². The number of ether oxygens (including phenoxy) is 2. The van der Waals surface area contributed by atoms with E-state index in [-0.39, 0.29) is 5.56 Å². The van der Waals surface area contributed by atoms with Crippen LogP contribution in [-0.2, 0) is 18.6 Å². The second kappa shape index (κ2) is 7.71. The molecule has 0 saturated heterocycles. The number of hydrogen-bond acceptors (Lipinski definition) is 7. The Hall–Kier alpha value is -2.74. The van der Waals surface area contributed by atoms with E-state index in [2.05, 4.69) is 15.0 Å². The summed E-state index contributed by atoms with van der Waals surface area (Å²) < 4.78 is 16.5. The van der Waals surface area contributed by atoms with Gasteiger partial charge in [-0.1, -0.05) is 11.8 Å². The van der Waals surface area contributed by atoms with E-state index < -0.39 is 0 Å². The number of nitrogens with one attached hydrogen (secondary N) is 1. The van der Waals surface area contributed by atoms with Crippen LogP contribution in [0.15, 0.2) is 32.6 Å². The maximum atomic E-state index is 12.1. The van der Waals surface area contributed by atoms with Gasteiger partial charge in [-0.15, -0.1) is 0 Å². The highest BCUT2D eigenvalue weighted by atomic mass is 32.2. The fourth-order valence-electron chi connectivity index (χ4n) is 3.28. The fraction of sp³-hybridized carbons (Fsp3) is 0.350. The molecular formula is C20H21N3O4S. The fourth-order valence-corrected chi connectivity index (χ4v) is 4.16. The molecule has 0 fully saturated rings. The van der Waals surface area contributed by atoms with Crippen LogP contribution in [0, 0.1) is 6.92 Å². The van der Waals surface area contributed by atoms with Crippen LogP contribution < -0.4 is 15.0 Å². The van der Waals surface area contributed by atoms with Gasteiger partial charge in [0.05, 0.1) is 25.6 Å². The van der Waals surface area contributed by atoms with Crippen molar-refractivity contribution in [3.63, 3.8) is 0 Å². The van der Waals surface area contributed by atoms with Gasteiger partial charge in [-0.2, -0.15) is 0 Å². The van der Waals surface area contributed by atoms with Crippen molar-refractivity contribution in [3.8, 4) is 23.0 Å². The van der Waals surface area contributed by atoms with Gasteiger partial charge in [0.25, 0.3) is 5.56 Å². The van der Waals surface area contributed by atoms with Gasteiger partial charge in [-0.25, -0.2) is 9.97 Å². The normalized spacial score (nSPS) is 12.8. The minimum absolute atomic E-state index is 0.0205. The first-order chi connectivity index (χ1) is 13.6. The predicted molar refractivity (Wildman–Crippen MR) is 106 cm³/mol. The molecule has 146 valence electrons. The van der Waals surface area contributed by atoms with Crippen molar-refractivity contribution < 1.29 is 13.9 Å². The summed E-state index contributed by atoms with van der Waals surface area (Å²) in [6.45, 7) is 1.88. The summed E-state index contributed by atoms with van der Waals surface area (Å²) in [5.41, 5.74) is 3.36. The maximum Gasteiger partial charge on any atom is 0.254 e. The lowest BCUT2D eigenvalue weighted by molar-refractivity contribution is 0.355. The Bertz CT molecular complexity index is 1070. The first-order valence-corrected chi connectivity index (χ1v) is 10.0. The van der Waals surface area contributed by atoms with Gasteiger partial charge < -0.3 is 18.9 Å². The minimum atomic E-state index is -0.0205. The second-order valence-corrected chi connectivity index (χ2v) is 7.49. The van der Waals surface area contributed by atoms with Crippen LogP contribution in [0.4, 0.5) is 0 Å². The second-order valence-electron chi connectivity index (χ2n) is 6.53. The Labute approximate surface area is 166 Å². The molecule has 3 aromatic rings. The Balaban J connectivity index is 1.54. The topological polar surface area (TPSA) is 90.2 Å². The third kappa shape index (κ3) is 3.52. The van der Waals surface area contributed by atoms with Crippen LogP contribution in [-0.4, -0.2) is 29.2 Å². The molecule has 0 bridgehead atoms. The molecule has 2 heterocycles. The number of rotatable bonds is 6. The molecule has 28 heavy (non-hydrogen) atoms. The van der Waals surface area contributed by atoms with E-state index in [1.807, 2.05) is 25.1 Å². The lowest BCUT2D eigenvalue weighted by atomic mass is 10.2. The summed E-state index contributed by atoms with van der Waals surface area (Å²) in [6, 6.07) is 5.53. The number of aromatic nitrogens is 3. The zero-order valence-corrected chi connectivity index (χ0v) is 16.8. The lowest BCUT2D eigenvalue weighted by Gasteiger charge is -2.07. The number of oxazole rings is 1. The Morgan fingerprint density at radius 3 is 2.79 bits per heavy atom. The van der Waals surface area contributed by atoms with E-state index in [4.69, 9.17) is 13.9 Å². The molecule has 0 radical (unpaired) electrons. The summed E-state index contributed by atoms with van der Waals surface area (Å²) in [5.74, 6) is 3.08. The van der Waals surface area contributed by atoms with E-state index in [0.717, 1.165) is 47.5 Å². The van der Waals surface area contributed by atoms with Crippen molar-refractivity contribution in [2.24, 2.45) is 0 Å². The molecular weight excluding hydrogens is 378 g/mol. The van der Waals surface area contributed by atoms with Gasteiger partial charge in [-0.3, -0.25) is 4.79 Å². The molecule has 1 aliphatic carbocycles. The van der Waals surface area contributed by atoms with Crippen molar-refractivity contribution in [2.45, 2.75) is 37.1 Å². The quantitative estimate of drug-likeness (QED) is 0.501. The predicted octanol–water partition coefficient (Wildman–Crippen LogP) is 3.53. The van der Waals surface area contributed by atoms with Crippen LogP contribution in [0.5, 0.6) is 11.5 Å². The zero-order chi connectivity index (χ0) is 19.7. The van der Waals surface area contributed by atoms with Crippen molar-refractivity contribution in [1.82, 2.24) is 15.0 Å². The molecule has 1 aliphatic rings. The van der Waals surface area contributed by atoms with E-state index in [0.29, 0.717) is 28.3 Å². The molecule has 0 aliphatic heterocycles. The number of hydrogen-bond donors (Lipinski definition) is 1. The Kier molecular flexibility index (Phi) is 5.13. The lowest BCUT2D eigenvalue weighted by Crippen LogP contribution is -2.14. The smallest absolute Gasteiger partial charge is 0.254 e. The monoisotopic (exact) mass is 399 g/mol. The maximum absolute atomic E-state index is 12.1. The van der Waals surface area contributed by atoms with E-state index >= 15 is 0 Å². The van der Waals surface area contributed by atoms with Crippen LogP contribution in [0.1, 0.15) is 29.1 Å². The Morgan fingerprint density at radius 2 is 2.00 bits per heavy atom. The molecule has 8 heteroatoms. The average Bonchev–Trinajstić information content (AvgIpc) is 3.32. The molecule has 0 spiro atoms. The molecule has 0 amide bonds. The zero-order valence-electron chi connectivity index (χ0n) is 16.0. The number of benzene rings is 1. The third-order valence-corrected chi connectivity index (χ3v) is 5.67.